The third-order valence-corrected chi connectivity index (χ3v) is 4.83. The third kappa shape index (κ3) is 1.87. The fraction of sp³-hybridized carbons (Fsp3) is 0.444. The van der Waals surface area contributed by atoms with Crippen LogP contribution < -0.4 is 0 Å². The predicted molar refractivity (Wildman–Crippen MR) is 80.8 cm³/mol. The number of hydrogen-bond donors (Lipinski definition) is 0. The van der Waals surface area contributed by atoms with Gasteiger partial charge in [-0.25, -0.2) is 0 Å². The molecule has 21 heavy (non-hydrogen) atoms. The van der Waals surface area contributed by atoms with Gasteiger partial charge < -0.3 is 4.74 Å². The molecule has 0 heterocycles. The number of Topliss-reactive ketones (excluding diaryl/α,β-unsaturated/α-hetero) is 2. The fourth-order valence-corrected chi connectivity index (χ4v) is 3.67. The highest BCUT2D eigenvalue weighted by atomic mass is 16.5. The molecule has 0 aromatic heterocycles. The predicted octanol–water partition coefficient (Wildman–Crippen LogP) is 3.60. The van der Waals surface area contributed by atoms with Crippen LogP contribution in [0.4, 0.5) is 0 Å². The first kappa shape index (κ1) is 14.1. The van der Waals surface area contributed by atoms with Gasteiger partial charge in [0.2, 0.25) is 5.78 Å². The van der Waals surface area contributed by atoms with E-state index in [1.54, 1.807) is 6.92 Å². The van der Waals surface area contributed by atoms with Gasteiger partial charge in [0.15, 0.2) is 11.5 Å². The molecule has 0 aliphatic heterocycles. The van der Waals surface area contributed by atoms with Crippen LogP contribution >= 0.6 is 0 Å². The maximum atomic E-state index is 12.8. The molecular weight excluding hydrogens is 264 g/mol. The number of rotatable bonds is 1. The van der Waals surface area contributed by atoms with E-state index >= 15 is 0 Å². The Bertz CT molecular complexity index is 693. The minimum Gasteiger partial charge on any atom is -0.492 e. The van der Waals surface area contributed by atoms with Crippen molar-refractivity contribution in [2.24, 2.45) is 0 Å². The standard InChI is InChI=1S/C18H20O3/c1-10-15(19)12-7-8-13-11(6-5-9-18(13,2)3)14(12)16(20)17(10)21-4/h7-8H,5-6,9H2,1-4H3. The topological polar surface area (TPSA) is 43.4 Å². The van der Waals surface area contributed by atoms with E-state index in [0.29, 0.717) is 16.7 Å². The number of ether oxygens (including phenoxy) is 1. The average Bonchev–Trinajstić information content (AvgIpc) is 2.44. The number of ketones is 2. The van der Waals surface area contributed by atoms with Gasteiger partial charge in [-0.05, 0) is 48.8 Å². The van der Waals surface area contributed by atoms with Crippen molar-refractivity contribution in [3.05, 3.63) is 45.7 Å². The molecule has 110 valence electrons. The van der Waals surface area contributed by atoms with Gasteiger partial charge in [-0.2, -0.15) is 0 Å². The van der Waals surface area contributed by atoms with Gasteiger partial charge in [-0.1, -0.05) is 19.9 Å². The van der Waals surface area contributed by atoms with Crippen LogP contribution in [0.25, 0.3) is 0 Å². The zero-order valence-electron chi connectivity index (χ0n) is 13.0. The van der Waals surface area contributed by atoms with E-state index in [-0.39, 0.29) is 22.7 Å². The molecule has 0 saturated carbocycles. The van der Waals surface area contributed by atoms with Crippen LogP contribution in [0, 0.1) is 0 Å². The number of carbonyl (C=O) groups excluding carboxylic acids is 2. The number of benzene rings is 1. The Balaban J connectivity index is 2.30. The largest absolute Gasteiger partial charge is 0.492 e. The van der Waals surface area contributed by atoms with E-state index in [0.717, 1.165) is 24.8 Å². The second-order valence-electron chi connectivity index (χ2n) is 6.57. The Labute approximate surface area is 125 Å². The average molecular weight is 284 g/mol. The number of hydrogen-bond acceptors (Lipinski definition) is 3. The van der Waals surface area contributed by atoms with Crippen LogP contribution in [0.1, 0.15) is 65.5 Å². The molecule has 0 N–H and O–H groups in total. The van der Waals surface area contributed by atoms with Crippen LogP contribution in [0.2, 0.25) is 0 Å². The first-order valence-corrected chi connectivity index (χ1v) is 7.39. The summed E-state index contributed by atoms with van der Waals surface area (Å²) in [5.74, 6) is -0.0314. The van der Waals surface area contributed by atoms with E-state index in [4.69, 9.17) is 4.74 Å². The highest BCUT2D eigenvalue weighted by molar-refractivity contribution is 6.26. The molecule has 0 spiro atoms. The second-order valence-corrected chi connectivity index (χ2v) is 6.57. The molecular formula is C18H20O3. The monoisotopic (exact) mass is 284 g/mol. The summed E-state index contributed by atoms with van der Waals surface area (Å²) in [5.41, 5.74) is 3.82. The summed E-state index contributed by atoms with van der Waals surface area (Å²) in [5, 5.41) is 0. The molecule has 3 rings (SSSR count). The lowest BCUT2D eigenvalue weighted by atomic mass is 9.69. The summed E-state index contributed by atoms with van der Waals surface area (Å²) in [6.07, 6.45) is 3.01. The summed E-state index contributed by atoms with van der Waals surface area (Å²) in [6.45, 7) is 6.06. The van der Waals surface area contributed by atoms with Crippen molar-refractivity contribution in [2.45, 2.75) is 45.4 Å². The van der Waals surface area contributed by atoms with Crippen molar-refractivity contribution in [3.63, 3.8) is 0 Å². The molecule has 0 bridgehead atoms. The highest BCUT2D eigenvalue weighted by Crippen LogP contribution is 2.41. The van der Waals surface area contributed by atoms with Crippen molar-refractivity contribution in [3.8, 4) is 0 Å². The van der Waals surface area contributed by atoms with Crippen LogP contribution in [0.15, 0.2) is 23.5 Å². The van der Waals surface area contributed by atoms with Crippen LogP contribution in [-0.2, 0) is 16.6 Å². The normalized spacial score (nSPS) is 20.2. The molecule has 3 nitrogen and oxygen atoms in total. The Morgan fingerprint density at radius 2 is 1.86 bits per heavy atom. The van der Waals surface area contributed by atoms with Crippen LogP contribution in [0.3, 0.4) is 0 Å². The Morgan fingerprint density at radius 3 is 2.52 bits per heavy atom. The number of carbonyl (C=O) groups is 2. The number of methoxy groups -OCH3 is 1. The minimum absolute atomic E-state index is 0.0510. The number of allylic oxidation sites excluding steroid dienone is 2. The Kier molecular flexibility index (Phi) is 3.05. The maximum absolute atomic E-state index is 12.8. The van der Waals surface area contributed by atoms with E-state index in [9.17, 15) is 9.59 Å². The van der Waals surface area contributed by atoms with Gasteiger partial charge in [0.25, 0.3) is 0 Å². The summed E-state index contributed by atoms with van der Waals surface area (Å²) in [7, 11) is 1.45. The fourth-order valence-electron chi connectivity index (χ4n) is 3.67. The summed E-state index contributed by atoms with van der Waals surface area (Å²) in [4.78, 5) is 25.2. The third-order valence-electron chi connectivity index (χ3n) is 4.83. The first-order chi connectivity index (χ1) is 9.88. The van der Waals surface area contributed by atoms with Crippen molar-refractivity contribution in [2.75, 3.05) is 7.11 Å². The Morgan fingerprint density at radius 1 is 1.14 bits per heavy atom. The zero-order chi connectivity index (χ0) is 15.4. The molecule has 3 heteroatoms. The van der Waals surface area contributed by atoms with Crippen molar-refractivity contribution >= 4 is 11.6 Å². The highest BCUT2D eigenvalue weighted by Gasteiger charge is 2.37. The van der Waals surface area contributed by atoms with Gasteiger partial charge in [-0.3, -0.25) is 9.59 Å². The molecule has 0 atom stereocenters. The maximum Gasteiger partial charge on any atom is 0.228 e. The van der Waals surface area contributed by atoms with Crippen LogP contribution in [-0.4, -0.2) is 18.7 Å². The van der Waals surface area contributed by atoms with Gasteiger partial charge >= 0.3 is 0 Å². The van der Waals surface area contributed by atoms with Gasteiger partial charge in [0, 0.05) is 16.7 Å². The summed E-state index contributed by atoms with van der Waals surface area (Å²) >= 11 is 0. The SMILES string of the molecule is COC1=C(C)C(=O)c2ccc3c(c2C1=O)CCCC3(C)C. The molecule has 0 radical (unpaired) electrons. The molecule has 0 amide bonds. The van der Waals surface area contributed by atoms with E-state index in [2.05, 4.69) is 13.8 Å². The van der Waals surface area contributed by atoms with Crippen molar-refractivity contribution in [1.82, 2.24) is 0 Å². The molecule has 0 saturated heterocycles. The van der Waals surface area contributed by atoms with Gasteiger partial charge in [-0.15, -0.1) is 0 Å². The molecule has 2 aliphatic rings. The lowest BCUT2D eigenvalue weighted by Gasteiger charge is -2.35. The zero-order valence-corrected chi connectivity index (χ0v) is 13.0. The minimum atomic E-state index is -0.140. The van der Waals surface area contributed by atoms with Crippen molar-refractivity contribution < 1.29 is 14.3 Å². The molecule has 1 aromatic carbocycles. The molecule has 2 aliphatic carbocycles. The van der Waals surface area contributed by atoms with E-state index in [1.807, 2.05) is 12.1 Å². The molecule has 0 fully saturated rings. The quantitative estimate of drug-likeness (QED) is 0.791. The van der Waals surface area contributed by atoms with Gasteiger partial charge in [0.05, 0.1) is 7.11 Å². The lowest BCUT2D eigenvalue weighted by molar-refractivity contribution is 0.0904. The number of fused-ring (bicyclic) bond motifs is 3. The summed E-state index contributed by atoms with van der Waals surface area (Å²) in [6, 6.07) is 3.85. The van der Waals surface area contributed by atoms with Gasteiger partial charge in [0.1, 0.15) is 0 Å². The smallest absolute Gasteiger partial charge is 0.228 e. The second kappa shape index (κ2) is 4.55. The van der Waals surface area contributed by atoms with Crippen molar-refractivity contribution in [1.29, 1.82) is 0 Å². The van der Waals surface area contributed by atoms with Crippen LogP contribution in [0.5, 0.6) is 0 Å². The first-order valence-electron chi connectivity index (χ1n) is 7.39. The van der Waals surface area contributed by atoms with E-state index < -0.39 is 0 Å². The lowest BCUT2D eigenvalue weighted by Crippen LogP contribution is -2.30. The summed E-state index contributed by atoms with van der Waals surface area (Å²) < 4.78 is 5.20. The molecule has 0 unspecified atom stereocenters. The molecule has 1 aromatic rings. The Hall–Kier alpha value is -1.90. The van der Waals surface area contributed by atoms with E-state index in [1.165, 1.54) is 12.7 Å².